The topological polar surface area (TPSA) is 73.6 Å². The third kappa shape index (κ3) is 5.55. The first kappa shape index (κ1) is 19.5. The Hall–Kier alpha value is -0.593. The number of carbonyl (C=O) groups excluding carboxylic acids is 1. The third-order valence-electron chi connectivity index (χ3n) is 4.49. The number of nitrogens with one attached hydrogen (secondary N) is 1. The van der Waals surface area contributed by atoms with Crippen LogP contribution in [0.5, 0.6) is 0 Å². The van der Waals surface area contributed by atoms with Gasteiger partial charge in [0.1, 0.15) is 5.60 Å². The number of hydrogen-bond acceptors (Lipinski definition) is 4. The molecule has 1 amide bonds. The summed E-state index contributed by atoms with van der Waals surface area (Å²) in [6, 6.07) is -0.00585. The van der Waals surface area contributed by atoms with Gasteiger partial charge in [-0.1, -0.05) is 20.8 Å². The maximum Gasteiger partial charge on any atom is 0.407 e. The Morgan fingerprint density at radius 3 is 2.14 bits per heavy atom. The van der Waals surface area contributed by atoms with E-state index in [1.807, 2.05) is 20.8 Å². The van der Waals surface area contributed by atoms with Crippen molar-refractivity contribution in [1.82, 2.24) is 5.32 Å². The normalized spacial score (nSPS) is 26.9. The Bertz CT molecular complexity index is 399. The largest absolute Gasteiger partial charge is 0.444 e. The number of carbonyl (C=O) groups is 1. The van der Waals surface area contributed by atoms with Crippen molar-refractivity contribution in [3.63, 3.8) is 0 Å². The number of alkyl carbamates (subject to hydrolysis) is 1. The fraction of sp³-hybridized carbons (Fsp3) is 0.938. The molecule has 0 aromatic heterocycles. The van der Waals surface area contributed by atoms with E-state index in [0.717, 1.165) is 12.8 Å². The van der Waals surface area contributed by atoms with Gasteiger partial charge in [-0.25, -0.2) is 4.79 Å². The van der Waals surface area contributed by atoms with Gasteiger partial charge >= 0.3 is 6.09 Å². The first-order valence-electron chi connectivity index (χ1n) is 8.14. The van der Waals surface area contributed by atoms with E-state index in [9.17, 15) is 4.79 Å². The van der Waals surface area contributed by atoms with Crippen LogP contribution in [0.25, 0.3) is 0 Å². The lowest BCUT2D eigenvalue weighted by molar-refractivity contribution is 0.0457. The van der Waals surface area contributed by atoms with E-state index in [0.29, 0.717) is 0 Å². The lowest BCUT2D eigenvalue weighted by Gasteiger charge is -2.40. The van der Waals surface area contributed by atoms with Crippen LogP contribution in [0.15, 0.2) is 0 Å². The zero-order chi connectivity index (χ0) is 17.3. The van der Waals surface area contributed by atoms with E-state index >= 15 is 0 Å². The van der Waals surface area contributed by atoms with Crippen molar-refractivity contribution >= 4 is 14.4 Å². The molecule has 0 heterocycles. The Morgan fingerprint density at radius 2 is 1.68 bits per heavy atom. The molecule has 0 aromatic carbocycles. The molecule has 5 nitrogen and oxygen atoms in total. The highest BCUT2D eigenvalue weighted by atomic mass is 28.4. The van der Waals surface area contributed by atoms with Crippen LogP contribution < -0.4 is 11.1 Å². The minimum Gasteiger partial charge on any atom is -0.444 e. The highest BCUT2D eigenvalue weighted by Gasteiger charge is 2.44. The molecule has 3 atom stereocenters. The van der Waals surface area contributed by atoms with Gasteiger partial charge in [-0.2, -0.15) is 0 Å². The molecule has 0 radical (unpaired) electrons. The molecule has 130 valence electrons. The lowest BCUT2D eigenvalue weighted by Crippen LogP contribution is -2.50. The summed E-state index contributed by atoms with van der Waals surface area (Å²) >= 11 is 0. The first-order chi connectivity index (χ1) is 9.71. The molecule has 1 fully saturated rings. The summed E-state index contributed by atoms with van der Waals surface area (Å²) in [4.78, 5) is 12.0. The summed E-state index contributed by atoms with van der Waals surface area (Å²) in [5, 5.41) is 3.08. The van der Waals surface area contributed by atoms with Gasteiger partial charge in [-0.05, 0) is 51.7 Å². The van der Waals surface area contributed by atoms with Gasteiger partial charge in [-0.15, -0.1) is 0 Å². The van der Waals surface area contributed by atoms with Crippen molar-refractivity contribution in [3.8, 4) is 0 Å². The Labute approximate surface area is 136 Å². The maximum absolute atomic E-state index is 12.0. The minimum absolute atomic E-state index is 0.0246. The average Bonchev–Trinajstić information content (AvgIpc) is 2.52. The molecule has 0 saturated heterocycles. The van der Waals surface area contributed by atoms with Crippen LogP contribution in [0.1, 0.15) is 54.4 Å². The van der Waals surface area contributed by atoms with E-state index in [1.54, 1.807) is 0 Å². The zero-order valence-corrected chi connectivity index (χ0v) is 16.4. The number of nitrogens with two attached hydrogens (primary N) is 1. The van der Waals surface area contributed by atoms with Crippen LogP contribution in [-0.4, -0.2) is 38.2 Å². The molecule has 0 aliphatic heterocycles. The Morgan fingerprint density at radius 1 is 1.14 bits per heavy atom. The summed E-state index contributed by atoms with van der Waals surface area (Å²) in [5.41, 5.74) is 5.59. The molecular weight excluding hydrogens is 296 g/mol. The van der Waals surface area contributed by atoms with Crippen molar-refractivity contribution < 1.29 is 14.0 Å². The van der Waals surface area contributed by atoms with E-state index < -0.39 is 20.0 Å². The molecule has 1 aliphatic rings. The van der Waals surface area contributed by atoms with Crippen LogP contribution in [-0.2, 0) is 9.16 Å². The molecule has 0 unspecified atom stereocenters. The highest BCUT2D eigenvalue weighted by molar-refractivity contribution is 6.74. The van der Waals surface area contributed by atoms with Gasteiger partial charge in [-0.3, -0.25) is 0 Å². The summed E-state index contributed by atoms with van der Waals surface area (Å²) in [5.74, 6) is 0. The van der Waals surface area contributed by atoms with Gasteiger partial charge in [0.2, 0.25) is 0 Å². The van der Waals surface area contributed by atoms with Crippen molar-refractivity contribution in [2.24, 2.45) is 5.73 Å². The second kappa shape index (κ2) is 6.49. The summed E-state index contributed by atoms with van der Waals surface area (Å²) < 4.78 is 11.8. The Balaban J connectivity index is 2.72. The highest BCUT2D eigenvalue weighted by Crippen LogP contribution is 2.39. The fourth-order valence-corrected chi connectivity index (χ4v) is 3.70. The van der Waals surface area contributed by atoms with Crippen LogP contribution >= 0.6 is 0 Å². The van der Waals surface area contributed by atoms with Crippen molar-refractivity contribution in [3.05, 3.63) is 0 Å². The van der Waals surface area contributed by atoms with E-state index in [1.165, 1.54) is 0 Å². The van der Waals surface area contributed by atoms with Gasteiger partial charge in [0, 0.05) is 6.04 Å². The molecule has 3 N–H and O–H groups in total. The molecule has 1 rings (SSSR count). The molecule has 0 bridgehead atoms. The predicted molar refractivity (Wildman–Crippen MR) is 92.4 cm³/mol. The maximum atomic E-state index is 12.0. The van der Waals surface area contributed by atoms with Crippen molar-refractivity contribution in [2.75, 3.05) is 0 Å². The molecule has 0 spiro atoms. The molecule has 0 aromatic rings. The lowest BCUT2D eigenvalue weighted by atomic mass is 10.2. The van der Waals surface area contributed by atoms with Crippen molar-refractivity contribution in [2.45, 2.75) is 96.3 Å². The predicted octanol–water partition coefficient (Wildman–Crippen LogP) is 3.39. The average molecular weight is 331 g/mol. The number of hydrogen-bond donors (Lipinski definition) is 2. The van der Waals surface area contributed by atoms with Crippen molar-refractivity contribution in [1.29, 1.82) is 0 Å². The molecule has 1 aliphatic carbocycles. The van der Waals surface area contributed by atoms with Gasteiger partial charge < -0.3 is 20.2 Å². The number of rotatable bonds is 3. The van der Waals surface area contributed by atoms with Gasteiger partial charge in [0.05, 0.1) is 12.1 Å². The van der Waals surface area contributed by atoms with E-state index in [4.69, 9.17) is 14.9 Å². The molecule has 6 heteroatoms. The zero-order valence-electron chi connectivity index (χ0n) is 15.4. The number of ether oxygens (including phenoxy) is 1. The molecular formula is C16H34N2O3Si. The van der Waals surface area contributed by atoms with Gasteiger partial charge in [0.25, 0.3) is 0 Å². The molecule has 1 saturated carbocycles. The monoisotopic (exact) mass is 330 g/mol. The standard InChI is InChI=1S/C16H34N2O3Si/c1-15(2,3)20-14(19)18-12-9-11(17)10-13(12)21-22(7,8)16(4,5)6/h11-13H,9-10,17H2,1-8H3,(H,18,19)/t11-,12-,13+/m0/s1. The Kier molecular flexibility index (Phi) is 5.74. The van der Waals surface area contributed by atoms with Crippen LogP contribution in [0, 0.1) is 0 Å². The van der Waals surface area contributed by atoms with Crippen LogP contribution in [0.2, 0.25) is 18.1 Å². The summed E-state index contributed by atoms with van der Waals surface area (Å²) in [6.45, 7) is 16.7. The fourth-order valence-electron chi connectivity index (χ4n) is 2.33. The van der Waals surface area contributed by atoms with Crippen LogP contribution in [0.4, 0.5) is 4.79 Å². The SMILES string of the molecule is CC(C)(C)OC(=O)N[C@H]1C[C@H](N)C[C@H]1O[Si](C)(C)C(C)(C)C. The minimum atomic E-state index is -1.89. The second-order valence-corrected chi connectivity index (χ2v) is 13.7. The first-order valence-corrected chi connectivity index (χ1v) is 11.0. The van der Waals surface area contributed by atoms with Gasteiger partial charge in [0.15, 0.2) is 8.32 Å². The van der Waals surface area contributed by atoms with E-state index in [2.05, 4.69) is 39.2 Å². The van der Waals surface area contributed by atoms with E-state index in [-0.39, 0.29) is 23.2 Å². The number of amides is 1. The summed E-state index contributed by atoms with van der Waals surface area (Å²) in [6.07, 6.45) is 1.10. The third-order valence-corrected chi connectivity index (χ3v) is 9.00. The van der Waals surface area contributed by atoms with Crippen LogP contribution in [0.3, 0.4) is 0 Å². The second-order valence-electron chi connectivity index (χ2n) is 8.90. The summed E-state index contributed by atoms with van der Waals surface area (Å²) in [7, 11) is -1.89. The quantitative estimate of drug-likeness (QED) is 0.778. The smallest absolute Gasteiger partial charge is 0.407 e. The molecule has 22 heavy (non-hydrogen) atoms.